The SMILES string of the molecule is CC(=O)N[C@@H]1[C@@H](O)[C@@H](O)[C@@H](CO)O[C@@H]1C1(O)O[C@H](CO)[C@@H](O[C@@H]2O[C@H](CO)[C@H](O)[C@H](O)[C@H]2O)[C@H](O)[C@H]1O. The summed E-state index contributed by atoms with van der Waals surface area (Å²) in [5.74, 6) is -3.73. The number of amides is 1. The molecule has 0 bridgehead atoms. The van der Waals surface area contributed by atoms with Gasteiger partial charge in [-0.1, -0.05) is 0 Å². The lowest BCUT2D eigenvalue weighted by atomic mass is 9.81. The zero-order chi connectivity index (χ0) is 27.8. The molecule has 3 fully saturated rings. The second kappa shape index (κ2) is 11.9. The van der Waals surface area contributed by atoms with Crippen molar-refractivity contribution in [3.05, 3.63) is 0 Å². The molecular formula is C20H35NO16. The van der Waals surface area contributed by atoms with Gasteiger partial charge >= 0.3 is 0 Å². The van der Waals surface area contributed by atoms with E-state index in [9.17, 15) is 61.0 Å². The molecule has 0 spiro atoms. The van der Waals surface area contributed by atoms with Gasteiger partial charge in [0.1, 0.15) is 73.2 Å². The molecule has 3 aliphatic rings. The molecule has 0 aromatic heterocycles. The Bertz CT molecular complexity index is 773. The van der Waals surface area contributed by atoms with E-state index in [4.69, 9.17) is 18.9 Å². The van der Waals surface area contributed by atoms with Crippen LogP contribution in [0.5, 0.6) is 0 Å². The number of aliphatic hydroxyl groups excluding tert-OH is 10. The van der Waals surface area contributed by atoms with E-state index in [-0.39, 0.29) is 0 Å². The Morgan fingerprint density at radius 1 is 0.784 bits per heavy atom. The van der Waals surface area contributed by atoms with Crippen LogP contribution in [-0.2, 0) is 23.7 Å². The van der Waals surface area contributed by atoms with Crippen molar-refractivity contribution in [1.29, 1.82) is 0 Å². The van der Waals surface area contributed by atoms with E-state index in [1.54, 1.807) is 0 Å². The Morgan fingerprint density at radius 3 is 1.86 bits per heavy atom. The number of carbonyl (C=O) groups is 1. The van der Waals surface area contributed by atoms with Gasteiger partial charge in [-0.05, 0) is 0 Å². The minimum Gasteiger partial charge on any atom is -0.394 e. The average Bonchev–Trinajstić information content (AvgIpc) is 2.86. The molecule has 0 aromatic rings. The second-order valence-electron chi connectivity index (χ2n) is 9.31. The van der Waals surface area contributed by atoms with Crippen molar-refractivity contribution in [3.8, 4) is 0 Å². The first-order valence-corrected chi connectivity index (χ1v) is 11.5. The summed E-state index contributed by atoms with van der Waals surface area (Å²) in [7, 11) is 0. The van der Waals surface area contributed by atoms with Gasteiger partial charge in [0.25, 0.3) is 0 Å². The summed E-state index contributed by atoms with van der Waals surface area (Å²) >= 11 is 0. The van der Waals surface area contributed by atoms with E-state index in [2.05, 4.69) is 5.32 Å². The predicted octanol–water partition coefficient (Wildman–Crippen LogP) is -8.04. The molecule has 3 saturated heterocycles. The van der Waals surface area contributed by atoms with Crippen molar-refractivity contribution in [3.63, 3.8) is 0 Å². The lowest BCUT2D eigenvalue weighted by Gasteiger charge is -2.54. The molecule has 216 valence electrons. The first-order chi connectivity index (χ1) is 17.3. The van der Waals surface area contributed by atoms with Crippen LogP contribution in [0.25, 0.3) is 0 Å². The van der Waals surface area contributed by atoms with Crippen LogP contribution in [0.2, 0.25) is 0 Å². The second-order valence-corrected chi connectivity index (χ2v) is 9.31. The Morgan fingerprint density at radius 2 is 1.32 bits per heavy atom. The van der Waals surface area contributed by atoms with Gasteiger partial charge in [0.2, 0.25) is 11.7 Å². The highest BCUT2D eigenvalue weighted by atomic mass is 16.7. The molecule has 12 N–H and O–H groups in total. The molecule has 17 nitrogen and oxygen atoms in total. The molecule has 1 amide bonds. The first kappa shape index (κ1) is 30.4. The van der Waals surface area contributed by atoms with Crippen LogP contribution in [0.4, 0.5) is 0 Å². The maximum atomic E-state index is 11.7. The van der Waals surface area contributed by atoms with Gasteiger partial charge in [-0.3, -0.25) is 4.79 Å². The van der Waals surface area contributed by atoms with Crippen LogP contribution >= 0.6 is 0 Å². The van der Waals surface area contributed by atoms with Gasteiger partial charge in [0, 0.05) is 6.92 Å². The van der Waals surface area contributed by atoms with E-state index in [0.717, 1.165) is 6.92 Å². The van der Waals surface area contributed by atoms with Crippen molar-refractivity contribution in [2.75, 3.05) is 19.8 Å². The predicted molar refractivity (Wildman–Crippen MR) is 113 cm³/mol. The molecule has 15 atom stereocenters. The van der Waals surface area contributed by atoms with E-state index >= 15 is 0 Å². The molecule has 0 aliphatic carbocycles. The number of hydrogen-bond donors (Lipinski definition) is 12. The monoisotopic (exact) mass is 545 g/mol. The smallest absolute Gasteiger partial charge is 0.224 e. The zero-order valence-electron chi connectivity index (χ0n) is 19.7. The van der Waals surface area contributed by atoms with Crippen LogP contribution in [-0.4, -0.2) is 173 Å². The van der Waals surface area contributed by atoms with Crippen LogP contribution in [0.3, 0.4) is 0 Å². The maximum absolute atomic E-state index is 11.7. The van der Waals surface area contributed by atoms with Gasteiger partial charge in [-0.25, -0.2) is 0 Å². The minimum absolute atomic E-state index is 0.746. The molecule has 0 saturated carbocycles. The molecule has 1 unspecified atom stereocenters. The van der Waals surface area contributed by atoms with Gasteiger partial charge in [0.05, 0.1) is 25.9 Å². The molecular weight excluding hydrogens is 510 g/mol. The lowest BCUT2D eigenvalue weighted by Crippen LogP contribution is -2.77. The normalized spacial score (nSPS) is 51.0. The van der Waals surface area contributed by atoms with Gasteiger partial charge < -0.3 is 80.4 Å². The third kappa shape index (κ3) is 5.62. The zero-order valence-corrected chi connectivity index (χ0v) is 19.7. The summed E-state index contributed by atoms with van der Waals surface area (Å²) in [5.41, 5.74) is 0. The minimum atomic E-state index is -2.98. The number of aliphatic hydroxyl groups is 11. The van der Waals surface area contributed by atoms with Gasteiger partial charge in [0.15, 0.2) is 6.29 Å². The molecule has 37 heavy (non-hydrogen) atoms. The summed E-state index contributed by atoms with van der Waals surface area (Å²) in [5, 5.41) is 115. The van der Waals surface area contributed by atoms with Gasteiger partial charge in [-0.15, -0.1) is 0 Å². The van der Waals surface area contributed by atoms with Crippen LogP contribution in [0, 0.1) is 0 Å². The van der Waals surface area contributed by atoms with Crippen molar-refractivity contribution < 1.29 is 79.9 Å². The number of rotatable bonds is 7. The lowest BCUT2D eigenvalue weighted by molar-refractivity contribution is -0.413. The Kier molecular flexibility index (Phi) is 9.82. The van der Waals surface area contributed by atoms with Crippen molar-refractivity contribution in [2.45, 2.75) is 98.3 Å². The quantitative estimate of drug-likeness (QED) is 0.141. The number of nitrogens with one attached hydrogen (secondary N) is 1. The number of carbonyl (C=O) groups excluding carboxylic acids is 1. The Labute approximate surface area is 210 Å². The summed E-state index contributed by atoms with van der Waals surface area (Å²) < 4.78 is 21.5. The average molecular weight is 545 g/mol. The maximum Gasteiger partial charge on any atom is 0.224 e. The van der Waals surface area contributed by atoms with Crippen LogP contribution in [0.15, 0.2) is 0 Å². The topological polar surface area (TPSA) is 289 Å². The third-order valence-corrected chi connectivity index (χ3v) is 6.81. The Hall–Kier alpha value is -1.13. The van der Waals surface area contributed by atoms with Crippen molar-refractivity contribution in [2.24, 2.45) is 0 Å². The Balaban J connectivity index is 1.89. The molecule has 3 heterocycles. The molecule has 3 rings (SSSR count). The van der Waals surface area contributed by atoms with Crippen LogP contribution < -0.4 is 5.32 Å². The summed E-state index contributed by atoms with van der Waals surface area (Å²) in [4.78, 5) is 11.7. The molecule has 0 radical (unpaired) electrons. The molecule has 17 heteroatoms. The molecule has 0 aromatic carbocycles. The fourth-order valence-electron chi connectivity index (χ4n) is 4.77. The fourth-order valence-corrected chi connectivity index (χ4v) is 4.77. The first-order valence-electron chi connectivity index (χ1n) is 11.5. The highest BCUT2D eigenvalue weighted by Gasteiger charge is 2.63. The highest BCUT2D eigenvalue weighted by Crippen LogP contribution is 2.39. The number of hydrogen-bond acceptors (Lipinski definition) is 16. The summed E-state index contributed by atoms with van der Waals surface area (Å²) in [6, 6.07) is -1.63. The van der Waals surface area contributed by atoms with E-state index < -0.39 is 117 Å². The number of ether oxygens (including phenoxy) is 4. The van der Waals surface area contributed by atoms with E-state index in [0.29, 0.717) is 0 Å². The summed E-state index contributed by atoms with van der Waals surface area (Å²) in [6.07, 6.45) is -23.6. The fraction of sp³-hybridized carbons (Fsp3) is 0.950. The largest absolute Gasteiger partial charge is 0.394 e. The van der Waals surface area contributed by atoms with E-state index in [1.807, 2.05) is 0 Å². The van der Waals surface area contributed by atoms with Crippen LogP contribution in [0.1, 0.15) is 6.92 Å². The third-order valence-electron chi connectivity index (χ3n) is 6.81. The van der Waals surface area contributed by atoms with E-state index in [1.165, 1.54) is 0 Å². The van der Waals surface area contributed by atoms with Crippen molar-refractivity contribution >= 4 is 5.91 Å². The molecule has 3 aliphatic heterocycles. The standard InChI is InChI=1S/C20H35NO16/c1-5(25)21-9-12(28)10(26)6(2-22)34-18(9)20(33)17(32)15(31)16(8(4-24)37-20)36-19-14(30)13(29)11(27)7(3-23)35-19/h6-19,22-24,26-33H,2-4H2,1H3,(H,21,25)/t6-,7-,8-,9-,10+,11+,12-,13+,14-,15+,16-,17-,18+,19+,20?/m1/s1. The highest BCUT2D eigenvalue weighted by molar-refractivity contribution is 5.73. The van der Waals surface area contributed by atoms with Crippen molar-refractivity contribution in [1.82, 2.24) is 5.32 Å². The van der Waals surface area contributed by atoms with Gasteiger partial charge in [-0.2, -0.15) is 0 Å². The summed E-state index contributed by atoms with van der Waals surface area (Å²) in [6.45, 7) is -1.58.